The van der Waals surface area contributed by atoms with Crippen LogP contribution in [0.4, 0.5) is 0 Å². The van der Waals surface area contributed by atoms with Crippen molar-refractivity contribution in [2.45, 2.75) is 19.8 Å². The van der Waals surface area contributed by atoms with Crippen LogP contribution >= 0.6 is 0 Å². The van der Waals surface area contributed by atoms with Gasteiger partial charge in [-0.2, -0.15) is 5.48 Å². The Labute approximate surface area is 77.2 Å². The van der Waals surface area contributed by atoms with Crippen LogP contribution in [-0.4, -0.2) is 11.9 Å². The van der Waals surface area contributed by atoms with Crippen LogP contribution in [0.5, 0.6) is 0 Å². The number of carbonyl (C=O) groups is 2. The fourth-order valence-electron chi connectivity index (χ4n) is 0.461. The third-order valence-corrected chi connectivity index (χ3v) is 1.20. The molecule has 0 aromatic heterocycles. The van der Waals surface area contributed by atoms with Crippen molar-refractivity contribution in [1.29, 1.82) is 0 Å². The lowest BCUT2D eigenvalue weighted by atomic mass is 10.3. The van der Waals surface area contributed by atoms with Crippen molar-refractivity contribution in [3.8, 4) is 0 Å². The van der Waals surface area contributed by atoms with E-state index < -0.39 is 11.9 Å². The minimum absolute atomic E-state index is 0.208. The second-order valence-electron chi connectivity index (χ2n) is 2.51. The average molecular weight is 183 g/mol. The minimum atomic E-state index is -0.494. The van der Waals surface area contributed by atoms with Crippen molar-refractivity contribution in [2.75, 3.05) is 0 Å². The Morgan fingerprint density at radius 2 is 2.15 bits per heavy atom. The summed E-state index contributed by atoms with van der Waals surface area (Å²) >= 11 is 0. The summed E-state index contributed by atoms with van der Waals surface area (Å²) in [5.74, 6) is -0.985. The molecule has 0 bridgehead atoms. The molecule has 1 amide bonds. The highest BCUT2D eigenvalue weighted by molar-refractivity contribution is 5.92. The Kier molecular flexibility index (Phi) is 5.27. The van der Waals surface area contributed by atoms with Gasteiger partial charge in [0.25, 0.3) is 5.91 Å². The third-order valence-electron chi connectivity index (χ3n) is 1.20. The number of hydrogen-bond acceptors (Lipinski definition) is 3. The molecule has 0 saturated carbocycles. The summed E-state index contributed by atoms with van der Waals surface area (Å²) in [6, 6.07) is 0. The molecule has 0 aliphatic heterocycles. The molecule has 0 aliphatic carbocycles. The molecule has 0 aromatic carbocycles. The van der Waals surface area contributed by atoms with Crippen LogP contribution in [0.1, 0.15) is 19.8 Å². The van der Waals surface area contributed by atoms with E-state index in [4.69, 9.17) is 0 Å². The van der Waals surface area contributed by atoms with Crippen molar-refractivity contribution in [2.24, 2.45) is 0 Å². The first-order valence-electron chi connectivity index (χ1n) is 3.84. The van der Waals surface area contributed by atoms with Crippen molar-refractivity contribution in [1.82, 2.24) is 5.48 Å². The van der Waals surface area contributed by atoms with E-state index in [0.717, 1.165) is 0 Å². The largest absolute Gasteiger partial charge is 0.341 e. The van der Waals surface area contributed by atoms with E-state index in [1.165, 1.54) is 6.92 Å². The number of carbonyl (C=O) groups excluding carboxylic acids is 2. The molecule has 0 spiro atoms. The second-order valence-corrected chi connectivity index (χ2v) is 2.51. The van der Waals surface area contributed by atoms with E-state index in [2.05, 4.69) is 18.0 Å². The molecule has 4 nitrogen and oxygen atoms in total. The smallest absolute Gasteiger partial charge is 0.332 e. The van der Waals surface area contributed by atoms with Gasteiger partial charge in [0.05, 0.1) is 6.42 Å². The molecule has 0 aromatic rings. The summed E-state index contributed by atoms with van der Waals surface area (Å²) in [5.41, 5.74) is 2.26. The molecule has 72 valence electrons. The third kappa shape index (κ3) is 5.66. The maximum atomic E-state index is 10.8. The van der Waals surface area contributed by atoms with Crippen LogP contribution in [0.25, 0.3) is 0 Å². The molecule has 0 atom stereocenters. The molecule has 0 saturated heterocycles. The van der Waals surface area contributed by atoms with Crippen molar-refractivity contribution >= 4 is 11.9 Å². The van der Waals surface area contributed by atoms with Crippen molar-refractivity contribution < 1.29 is 14.4 Å². The number of allylic oxidation sites excluding steroid dienone is 1. The monoisotopic (exact) mass is 183 g/mol. The zero-order valence-corrected chi connectivity index (χ0v) is 7.63. The first-order valence-corrected chi connectivity index (χ1v) is 3.84. The Morgan fingerprint density at radius 1 is 1.54 bits per heavy atom. The molecule has 13 heavy (non-hydrogen) atoms. The normalized spacial score (nSPS) is 8.69. The molecular weight excluding hydrogens is 170 g/mol. The van der Waals surface area contributed by atoms with Crippen LogP contribution < -0.4 is 5.48 Å². The summed E-state index contributed by atoms with van der Waals surface area (Å²) in [6.45, 7) is 8.34. The Hall–Kier alpha value is -1.58. The molecule has 0 fully saturated rings. The van der Waals surface area contributed by atoms with Crippen molar-refractivity contribution in [3.63, 3.8) is 0 Å². The highest BCUT2D eigenvalue weighted by atomic mass is 16.7. The molecule has 0 aliphatic rings. The zero-order valence-electron chi connectivity index (χ0n) is 7.63. The van der Waals surface area contributed by atoms with Gasteiger partial charge in [-0.3, -0.25) is 4.79 Å². The zero-order chi connectivity index (χ0) is 10.3. The quantitative estimate of drug-likeness (QED) is 0.403. The Balaban J connectivity index is 3.63. The van der Waals surface area contributed by atoms with Gasteiger partial charge in [0.2, 0.25) is 0 Å². The van der Waals surface area contributed by atoms with Crippen LogP contribution in [0, 0.1) is 0 Å². The van der Waals surface area contributed by atoms with E-state index in [-0.39, 0.29) is 12.0 Å². The molecule has 0 radical (unpaired) electrons. The van der Waals surface area contributed by atoms with Crippen LogP contribution in [0.3, 0.4) is 0 Å². The van der Waals surface area contributed by atoms with Gasteiger partial charge >= 0.3 is 5.97 Å². The minimum Gasteiger partial charge on any atom is -0.341 e. The summed E-state index contributed by atoms with van der Waals surface area (Å²) in [6.07, 6.45) is 2.34. The van der Waals surface area contributed by atoms with Gasteiger partial charge in [-0.1, -0.05) is 12.7 Å². The SMILES string of the molecule is C=CCCC(=O)ONC(=O)C(=C)C. The van der Waals surface area contributed by atoms with Crippen LogP contribution in [0.15, 0.2) is 24.8 Å². The molecule has 0 heterocycles. The Morgan fingerprint density at radius 3 is 2.62 bits per heavy atom. The van der Waals surface area contributed by atoms with Gasteiger partial charge in [0.15, 0.2) is 0 Å². The predicted octanol–water partition coefficient (Wildman–Crippen LogP) is 1.10. The van der Waals surface area contributed by atoms with Gasteiger partial charge < -0.3 is 4.84 Å². The maximum Gasteiger partial charge on any atom is 0.332 e. The molecular formula is C9H13NO3. The fraction of sp³-hybridized carbons (Fsp3) is 0.333. The van der Waals surface area contributed by atoms with Crippen molar-refractivity contribution in [3.05, 3.63) is 24.8 Å². The number of hydrogen-bond donors (Lipinski definition) is 1. The molecule has 4 heteroatoms. The predicted molar refractivity (Wildman–Crippen MR) is 48.5 cm³/mol. The van der Waals surface area contributed by atoms with Gasteiger partial charge in [-0.05, 0) is 13.3 Å². The Bertz CT molecular complexity index is 233. The number of amides is 1. The first kappa shape index (κ1) is 11.4. The molecule has 1 N–H and O–H groups in total. The number of nitrogens with one attached hydrogen (secondary N) is 1. The van der Waals surface area contributed by atoms with E-state index >= 15 is 0 Å². The van der Waals surface area contributed by atoms with E-state index in [1.54, 1.807) is 6.08 Å². The van der Waals surface area contributed by atoms with Crippen LogP contribution in [0.2, 0.25) is 0 Å². The molecule has 0 unspecified atom stereocenters. The lowest BCUT2D eigenvalue weighted by Gasteiger charge is -2.03. The summed E-state index contributed by atoms with van der Waals surface area (Å²) in [5, 5.41) is 0. The highest BCUT2D eigenvalue weighted by Gasteiger charge is 2.05. The van der Waals surface area contributed by atoms with E-state index in [0.29, 0.717) is 6.42 Å². The van der Waals surface area contributed by atoms with E-state index in [1.807, 2.05) is 5.48 Å². The van der Waals surface area contributed by atoms with Gasteiger partial charge in [-0.15, -0.1) is 6.58 Å². The lowest BCUT2D eigenvalue weighted by Crippen LogP contribution is -2.27. The fourth-order valence-corrected chi connectivity index (χ4v) is 0.461. The summed E-state index contributed by atoms with van der Waals surface area (Å²) < 4.78 is 0. The van der Waals surface area contributed by atoms with Gasteiger partial charge in [0.1, 0.15) is 0 Å². The van der Waals surface area contributed by atoms with E-state index in [9.17, 15) is 9.59 Å². The van der Waals surface area contributed by atoms with Crippen LogP contribution in [-0.2, 0) is 14.4 Å². The maximum absolute atomic E-state index is 10.8. The van der Waals surface area contributed by atoms with Gasteiger partial charge in [0, 0.05) is 5.57 Å². The summed E-state index contributed by atoms with van der Waals surface area (Å²) in [7, 11) is 0. The first-order chi connectivity index (χ1) is 6.07. The average Bonchev–Trinajstić information content (AvgIpc) is 2.10. The molecule has 0 rings (SSSR count). The lowest BCUT2D eigenvalue weighted by molar-refractivity contribution is -0.156. The summed E-state index contributed by atoms with van der Waals surface area (Å²) in [4.78, 5) is 26.0. The standard InChI is InChI=1S/C9H13NO3/c1-4-5-6-8(11)13-10-9(12)7(2)3/h4H,1-2,5-6H2,3H3,(H,10,12). The van der Waals surface area contributed by atoms with Gasteiger partial charge in [-0.25, -0.2) is 4.79 Å². The highest BCUT2D eigenvalue weighted by Crippen LogP contribution is 1.92. The number of rotatable bonds is 4. The topological polar surface area (TPSA) is 55.4 Å². The second kappa shape index (κ2) is 5.99. The number of hydroxylamine groups is 1.